The molecule has 160 valence electrons. The van der Waals surface area contributed by atoms with Crippen LogP contribution in [0.2, 0.25) is 0 Å². The molecule has 1 fully saturated rings. The molecule has 0 atom stereocenters. The van der Waals surface area contributed by atoms with Crippen LogP contribution in [0.5, 0.6) is 11.5 Å². The molecule has 4 heterocycles. The Hall–Kier alpha value is -3.14. The van der Waals surface area contributed by atoms with Crippen LogP contribution in [0.3, 0.4) is 0 Å². The fourth-order valence-corrected chi connectivity index (χ4v) is 4.11. The molecule has 2 aliphatic heterocycles. The van der Waals surface area contributed by atoms with Crippen molar-refractivity contribution < 1.29 is 18.8 Å². The van der Waals surface area contributed by atoms with Crippen molar-refractivity contribution in [3.05, 3.63) is 46.9 Å². The van der Waals surface area contributed by atoms with Gasteiger partial charge >= 0.3 is 6.03 Å². The number of carbonyl (C=O) groups is 1. The summed E-state index contributed by atoms with van der Waals surface area (Å²) in [6.07, 6.45) is 3.20. The van der Waals surface area contributed by atoms with Crippen molar-refractivity contribution in [2.24, 2.45) is 0 Å². The Bertz CT molecular complexity index is 1080. The summed E-state index contributed by atoms with van der Waals surface area (Å²) in [5.41, 5.74) is 1.33. The number of piperidine rings is 1. The second-order valence-corrected chi connectivity index (χ2v) is 8.19. The Morgan fingerprint density at radius 1 is 1.13 bits per heavy atom. The van der Waals surface area contributed by atoms with E-state index in [0.717, 1.165) is 17.3 Å². The second kappa shape index (κ2) is 8.54. The Morgan fingerprint density at radius 3 is 2.65 bits per heavy atom. The first-order valence-electron chi connectivity index (χ1n) is 10.1. The molecule has 2 amide bonds. The summed E-state index contributed by atoms with van der Waals surface area (Å²) in [5.74, 6) is 2.50. The zero-order valence-corrected chi connectivity index (χ0v) is 18.2. The topological polar surface area (TPSA) is 103 Å². The van der Waals surface area contributed by atoms with Crippen LogP contribution in [0.25, 0.3) is 11.5 Å². The number of pyridine rings is 1. The number of halogens is 1. The molecule has 0 spiro atoms. The molecule has 1 N–H and O–H groups in total. The van der Waals surface area contributed by atoms with E-state index >= 15 is 0 Å². The third-order valence-electron chi connectivity index (χ3n) is 5.34. The van der Waals surface area contributed by atoms with Crippen molar-refractivity contribution in [1.82, 2.24) is 20.0 Å². The summed E-state index contributed by atoms with van der Waals surface area (Å²) in [6, 6.07) is 9.00. The molecule has 1 aromatic carbocycles. The minimum Gasteiger partial charge on any atom is -0.486 e. The molecule has 9 nitrogen and oxygen atoms in total. The first kappa shape index (κ1) is 19.8. The minimum absolute atomic E-state index is 0.120. The molecule has 2 aliphatic rings. The highest BCUT2D eigenvalue weighted by molar-refractivity contribution is 9.10. The summed E-state index contributed by atoms with van der Waals surface area (Å²) >= 11 is 3.49. The van der Waals surface area contributed by atoms with Gasteiger partial charge in [-0.15, -0.1) is 0 Å². The smallest absolute Gasteiger partial charge is 0.321 e. The van der Waals surface area contributed by atoms with Crippen molar-refractivity contribution in [3.8, 4) is 23.0 Å². The number of ether oxygens (including phenoxy) is 2. The average molecular weight is 486 g/mol. The number of carbonyl (C=O) groups excluding carboxylic acids is 1. The second-order valence-electron chi connectivity index (χ2n) is 7.34. The van der Waals surface area contributed by atoms with Crippen molar-refractivity contribution in [2.45, 2.75) is 18.8 Å². The van der Waals surface area contributed by atoms with Gasteiger partial charge in [-0.05, 0) is 40.9 Å². The van der Waals surface area contributed by atoms with Crippen LogP contribution in [0.15, 0.2) is 45.5 Å². The van der Waals surface area contributed by atoms with E-state index in [9.17, 15) is 4.79 Å². The fourth-order valence-electron chi connectivity index (χ4n) is 3.68. The largest absolute Gasteiger partial charge is 0.486 e. The first-order valence-corrected chi connectivity index (χ1v) is 10.9. The average Bonchev–Trinajstić information content (AvgIpc) is 3.31. The number of urea groups is 1. The lowest BCUT2D eigenvalue weighted by Crippen LogP contribution is -2.40. The number of nitrogens with zero attached hydrogens (tertiary/aromatic N) is 4. The highest BCUT2D eigenvalue weighted by Gasteiger charge is 2.28. The summed E-state index contributed by atoms with van der Waals surface area (Å²) in [7, 11) is 0. The van der Waals surface area contributed by atoms with Gasteiger partial charge in [0.2, 0.25) is 11.7 Å². The van der Waals surface area contributed by atoms with E-state index in [1.807, 2.05) is 24.3 Å². The van der Waals surface area contributed by atoms with Crippen LogP contribution in [0.1, 0.15) is 24.7 Å². The summed E-state index contributed by atoms with van der Waals surface area (Å²) in [4.78, 5) is 23.3. The van der Waals surface area contributed by atoms with E-state index in [1.165, 1.54) is 0 Å². The number of hydrogen-bond donors (Lipinski definition) is 1. The van der Waals surface area contributed by atoms with Gasteiger partial charge in [0.05, 0.1) is 5.69 Å². The Morgan fingerprint density at radius 2 is 1.90 bits per heavy atom. The fraction of sp³-hybridized carbons (Fsp3) is 0.333. The zero-order valence-electron chi connectivity index (χ0n) is 16.6. The van der Waals surface area contributed by atoms with Gasteiger partial charge in [-0.2, -0.15) is 4.98 Å². The van der Waals surface area contributed by atoms with E-state index in [0.29, 0.717) is 60.9 Å². The molecule has 1 saturated heterocycles. The van der Waals surface area contributed by atoms with E-state index in [-0.39, 0.29) is 11.9 Å². The molecule has 10 heteroatoms. The molecule has 5 rings (SSSR count). The quantitative estimate of drug-likeness (QED) is 0.595. The molecular weight excluding hydrogens is 466 g/mol. The van der Waals surface area contributed by atoms with Gasteiger partial charge in [-0.25, -0.2) is 4.79 Å². The van der Waals surface area contributed by atoms with Crippen LogP contribution >= 0.6 is 15.9 Å². The van der Waals surface area contributed by atoms with Crippen LogP contribution in [0, 0.1) is 0 Å². The number of aromatic nitrogens is 3. The van der Waals surface area contributed by atoms with E-state index < -0.39 is 0 Å². The van der Waals surface area contributed by atoms with Crippen molar-refractivity contribution in [1.29, 1.82) is 0 Å². The lowest BCUT2D eigenvalue weighted by molar-refractivity contribution is 0.171. The van der Waals surface area contributed by atoms with Crippen LogP contribution < -0.4 is 14.8 Å². The van der Waals surface area contributed by atoms with Crippen LogP contribution in [0.4, 0.5) is 10.5 Å². The molecule has 0 unspecified atom stereocenters. The third-order valence-corrected chi connectivity index (χ3v) is 6.00. The summed E-state index contributed by atoms with van der Waals surface area (Å²) in [6.45, 7) is 2.21. The van der Waals surface area contributed by atoms with Gasteiger partial charge in [0.1, 0.15) is 18.9 Å². The van der Waals surface area contributed by atoms with Crippen molar-refractivity contribution in [2.75, 3.05) is 31.6 Å². The van der Waals surface area contributed by atoms with Gasteiger partial charge in [0.25, 0.3) is 0 Å². The highest BCUT2D eigenvalue weighted by Crippen LogP contribution is 2.38. The number of rotatable bonds is 3. The standard InChI is InChI=1S/C21H20BrN5O4/c22-14-11-17-18(30-10-9-29-17)12-16(14)24-21(28)27-7-4-13(5-8-27)20-25-19(26-31-20)15-3-1-2-6-23-15/h1-3,6,11-13H,4-5,7-10H2,(H,24,28). The molecule has 31 heavy (non-hydrogen) atoms. The molecule has 2 aromatic heterocycles. The maximum Gasteiger partial charge on any atom is 0.321 e. The van der Waals surface area contributed by atoms with Gasteiger partial charge in [0, 0.05) is 41.8 Å². The lowest BCUT2D eigenvalue weighted by Gasteiger charge is -2.30. The maximum atomic E-state index is 12.8. The predicted molar refractivity (Wildman–Crippen MR) is 115 cm³/mol. The molecular formula is C21H20BrN5O4. The first-order chi connectivity index (χ1) is 15.2. The molecule has 0 saturated carbocycles. The van der Waals surface area contributed by atoms with Gasteiger partial charge in [-0.1, -0.05) is 11.2 Å². The third kappa shape index (κ3) is 4.20. The molecule has 0 bridgehead atoms. The number of hydrogen-bond acceptors (Lipinski definition) is 7. The Labute approximate surface area is 186 Å². The number of fused-ring (bicyclic) bond motifs is 1. The van der Waals surface area contributed by atoms with Crippen molar-refractivity contribution >= 4 is 27.6 Å². The molecule has 3 aromatic rings. The molecule has 0 radical (unpaired) electrons. The summed E-state index contributed by atoms with van der Waals surface area (Å²) in [5, 5.41) is 7.00. The highest BCUT2D eigenvalue weighted by atomic mass is 79.9. The maximum absolute atomic E-state index is 12.8. The van der Waals surface area contributed by atoms with Crippen molar-refractivity contribution in [3.63, 3.8) is 0 Å². The van der Waals surface area contributed by atoms with E-state index in [1.54, 1.807) is 17.2 Å². The van der Waals surface area contributed by atoms with Crippen LogP contribution in [-0.2, 0) is 0 Å². The Balaban J connectivity index is 1.20. The number of likely N-dealkylation sites (tertiary alicyclic amines) is 1. The van der Waals surface area contributed by atoms with Gasteiger partial charge in [0.15, 0.2) is 11.5 Å². The monoisotopic (exact) mass is 485 g/mol. The number of anilines is 1. The number of benzene rings is 1. The van der Waals surface area contributed by atoms with Gasteiger partial charge < -0.3 is 24.2 Å². The Kier molecular flexibility index (Phi) is 5.46. The van der Waals surface area contributed by atoms with Gasteiger partial charge in [-0.3, -0.25) is 4.98 Å². The lowest BCUT2D eigenvalue weighted by atomic mass is 9.97. The molecule has 0 aliphatic carbocycles. The summed E-state index contributed by atoms with van der Waals surface area (Å²) < 4.78 is 17.4. The zero-order chi connectivity index (χ0) is 21.2. The van der Waals surface area contributed by atoms with Crippen LogP contribution in [-0.4, -0.2) is 52.4 Å². The normalized spacial score (nSPS) is 16.2. The minimum atomic E-state index is -0.157. The number of amides is 2. The SMILES string of the molecule is O=C(Nc1cc2c(cc1Br)OCCO2)N1CCC(c2nc(-c3ccccn3)no2)CC1. The van der Waals surface area contributed by atoms with E-state index in [2.05, 4.69) is 36.4 Å². The predicted octanol–water partition coefficient (Wildman–Crippen LogP) is 4.08. The number of nitrogens with one attached hydrogen (secondary N) is 1. The van der Waals surface area contributed by atoms with E-state index in [4.69, 9.17) is 14.0 Å².